The number of nitrogens with two attached hydrogens (primary N) is 1. The Balaban J connectivity index is 2.23. The van der Waals surface area contributed by atoms with E-state index >= 15 is 0 Å². The number of amidine groups is 1. The molecule has 0 aliphatic heterocycles. The minimum atomic E-state index is -0.138. The zero-order chi connectivity index (χ0) is 10.6. The molecule has 1 rings (SSSR count). The SMILES string of the molecule is CCC(CC(=N)N)NC(=O)NC1CC1. The number of nitrogens with one attached hydrogen (secondary N) is 3. The highest BCUT2D eigenvalue weighted by molar-refractivity contribution is 5.79. The van der Waals surface area contributed by atoms with Crippen molar-refractivity contribution >= 4 is 11.9 Å². The molecule has 1 unspecified atom stereocenters. The molecule has 1 saturated carbocycles. The highest BCUT2D eigenvalue weighted by Gasteiger charge is 2.23. The number of carbonyl (C=O) groups is 1. The van der Waals surface area contributed by atoms with Crippen molar-refractivity contribution in [1.82, 2.24) is 10.6 Å². The Morgan fingerprint density at radius 2 is 2.29 bits per heavy atom. The zero-order valence-electron chi connectivity index (χ0n) is 8.47. The first-order valence-electron chi connectivity index (χ1n) is 5.01. The van der Waals surface area contributed by atoms with E-state index in [4.69, 9.17) is 11.1 Å². The van der Waals surface area contributed by atoms with Crippen LogP contribution in [0.15, 0.2) is 0 Å². The summed E-state index contributed by atoms with van der Waals surface area (Å²) in [6.45, 7) is 1.96. The first-order chi connectivity index (χ1) is 6.61. The Hall–Kier alpha value is -1.26. The summed E-state index contributed by atoms with van der Waals surface area (Å²) < 4.78 is 0. The number of carbonyl (C=O) groups excluding carboxylic acids is 1. The maximum absolute atomic E-state index is 11.3. The van der Waals surface area contributed by atoms with E-state index in [1.807, 2.05) is 6.92 Å². The fourth-order valence-electron chi connectivity index (χ4n) is 1.20. The molecule has 2 amide bonds. The molecule has 0 aromatic carbocycles. The van der Waals surface area contributed by atoms with Gasteiger partial charge in [-0.05, 0) is 19.3 Å². The highest BCUT2D eigenvalue weighted by Crippen LogP contribution is 2.18. The van der Waals surface area contributed by atoms with Crippen LogP contribution in [0.1, 0.15) is 32.6 Å². The molecule has 0 saturated heterocycles. The van der Waals surface area contributed by atoms with E-state index in [1.54, 1.807) is 0 Å². The number of amides is 2. The molecule has 5 N–H and O–H groups in total. The van der Waals surface area contributed by atoms with E-state index in [0.717, 1.165) is 19.3 Å². The van der Waals surface area contributed by atoms with E-state index < -0.39 is 0 Å². The summed E-state index contributed by atoms with van der Waals surface area (Å²) in [6.07, 6.45) is 3.38. The minimum Gasteiger partial charge on any atom is -0.388 e. The van der Waals surface area contributed by atoms with E-state index in [-0.39, 0.29) is 17.9 Å². The van der Waals surface area contributed by atoms with Crippen LogP contribution in [-0.4, -0.2) is 24.0 Å². The fourth-order valence-corrected chi connectivity index (χ4v) is 1.20. The topological polar surface area (TPSA) is 91.0 Å². The molecule has 1 aliphatic carbocycles. The standard InChI is InChI=1S/C9H18N4O/c1-2-6(5-8(10)11)12-9(14)13-7-3-4-7/h6-7H,2-5H2,1H3,(H3,10,11)(H2,12,13,14). The van der Waals surface area contributed by atoms with Crippen LogP contribution < -0.4 is 16.4 Å². The van der Waals surface area contributed by atoms with E-state index in [9.17, 15) is 4.79 Å². The monoisotopic (exact) mass is 198 g/mol. The van der Waals surface area contributed by atoms with E-state index in [1.165, 1.54) is 0 Å². The second kappa shape index (κ2) is 4.83. The third-order valence-corrected chi connectivity index (χ3v) is 2.21. The van der Waals surface area contributed by atoms with Gasteiger partial charge in [0.15, 0.2) is 0 Å². The smallest absolute Gasteiger partial charge is 0.315 e. The van der Waals surface area contributed by atoms with Crippen molar-refractivity contribution in [3.05, 3.63) is 0 Å². The molecule has 5 heteroatoms. The van der Waals surface area contributed by atoms with Gasteiger partial charge in [0.1, 0.15) is 0 Å². The van der Waals surface area contributed by atoms with Crippen molar-refractivity contribution in [2.45, 2.75) is 44.7 Å². The van der Waals surface area contributed by atoms with Crippen molar-refractivity contribution in [3.8, 4) is 0 Å². The van der Waals surface area contributed by atoms with Crippen LogP contribution in [0.5, 0.6) is 0 Å². The average Bonchev–Trinajstić information content (AvgIpc) is 2.86. The van der Waals surface area contributed by atoms with Crippen molar-refractivity contribution < 1.29 is 4.79 Å². The van der Waals surface area contributed by atoms with Gasteiger partial charge in [0, 0.05) is 18.5 Å². The molecule has 0 radical (unpaired) electrons. The van der Waals surface area contributed by atoms with Crippen LogP contribution >= 0.6 is 0 Å². The molecule has 1 fully saturated rings. The average molecular weight is 198 g/mol. The van der Waals surface area contributed by atoms with Gasteiger partial charge in [-0.1, -0.05) is 6.92 Å². The summed E-state index contributed by atoms with van der Waals surface area (Å²) in [4.78, 5) is 11.3. The minimum absolute atomic E-state index is 0.0220. The number of urea groups is 1. The first kappa shape index (κ1) is 10.8. The lowest BCUT2D eigenvalue weighted by Gasteiger charge is -2.16. The molecule has 0 aromatic rings. The van der Waals surface area contributed by atoms with Gasteiger partial charge in [-0.3, -0.25) is 5.41 Å². The second-order valence-electron chi connectivity index (χ2n) is 3.73. The largest absolute Gasteiger partial charge is 0.388 e. The van der Waals surface area contributed by atoms with E-state index in [2.05, 4.69) is 10.6 Å². The third kappa shape index (κ3) is 4.11. The summed E-state index contributed by atoms with van der Waals surface area (Å²) >= 11 is 0. The molecule has 0 spiro atoms. The molecular formula is C9H18N4O. The van der Waals surface area contributed by atoms with Crippen LogP contribution in [0.4, 0.5) is 4.79 Å². The van der Waals surface area contributed by atoms with Crippen molar-refractivity contribution in [2.24, 2.45) is 5.73 Å². The van der Waals surface area contributed by atoms with Gasteiger partial charge >= 0.3 is 6.03 Å². The number of hydrogen-bond acceptors (Lipinski definition) is 2. The summed E-state index contributed by atoms with van der Waals surface area (Å²) in [5, 5.41) is 12.8. The quantitative estimate of drug-likeness (QED) is 0.384. The summed E-state index contributed by atoms with van der Waals surface area (Å²) in [6, 6.07) is 0.205. The van der Waals surface area contributed by atoms with E-state index in [0.29, 0.717) is 12.5 Å². The van der Waals surface area contributed by atoms with Crippen LogP contribution in [0.3, 0.4) is 0 Å². The Morgan fingerprint density at radius 3 is 2.71 bits per heavy atom. The molecule has 80 valence electrons. The summed E-state index contributed by atoms with van der Waals surface area (Å²) in [7, 11) is 0. The molecule has 0 bridgehead atoms. The molecule has 0 aromatic heterocycles. The molecule has 1 aliphatic rings. The van der Waals surface area contributed by atoms with Crippen LogP contribution in [-0.2, 0) is 0 Å². The van der Waals surface area contributed by atoms with Gasteiger partial charge < -0.3 is 16.4 Å². The summed E-state index contributed by atoms with van der Waals surface area (Å²) in [5.74, 6) is 0.114. The van der Waals surface area contributed by atoms with Gasteiger partial charge in [0.25, 0.3) is 0 Å². The van der Waals surface area contributed by atoms with Gasteiger partial charge in [0.05, 0.1) is 5.84 Å². The third-order valence-electron chi connectivity index (χ3n) is 2.21. The summed E-state index contributed by atoms with van der Waals surface area (Å²) in [5.41, 5.74) is 5.27. The Labute approximate surface area is 83.9 Å². The molecule has 5 nitrogen and oxygen atoms in total. The Kier molecular flexibility index (Phi) is 3.73. The van der Waals surface area contributed by atoms with Gasteiger partial charge in [-0.25, -0.2) is 4.79 Å². The number of rotatable bonds is 5. The molecule has 14 heavy (non-hydrogen) atoms. The molecular weight excluding hydrogens is 180 g/mol. The Morgan fingerprint density at radius 1 is 1.64 bits per heavy atom. The van der Waals surface area contributed by atoms with Gasteiger partial charge in [0.2, 0.25) is 0 Å². The molecule has 0 heterocycles. The van der Waals surface area contributed by atoms with Crippen LogP contribution in [0, 0.1) is 5.41 Å². The fraction of sp³-hybridized carbons (Fsp3) is 0.778. The maximum Gasteiger partial charge on any atom is 0.315 e. The van der Waals surface area contributed by atoms with Crippen molar-refractivity contribution in [3.63, 3.8) is 0 Å². The van der Waals surface area contributed by atoms with Gasteiger partial charge in [-0.2, -0.15) is 0 Å². The second-order valence-corrected chi connectivity index (χ2v) is 3.73. The van der Waals surface area contributed by atoms with Crippen LogP contribution in [0.2, 0.25) is 0 Å². The first-order valence-corrected chi connectivity index (χ1v) is 5.01. The highest BCUT2D eigenvalue weighted by atomic mass is 16.2. The zero-order valence-corrected chi connectivity index (χ0v) is 8.47. The van der Waals surface area contributed by atoms with Crippen molar-refractivity contribution in [2.75, 3.05) is 0 Å². The predicted octanol–water partition coefficient (Wildman–Crippen LogP) is 0.553. The lowest BCUT2D eigenvalue weighted by atomic mass is 10.1. The van der Waals surface area contributed by atoms with Crippen LogP contribution in [0.25, 0.3) is 0 Å². The lowest BCUT2D eigenvalue weighted by Crippen LogP contribution is -2.44. The van der Waals surface area contributed by atoms with Crippen molar-refractivity contribution in [1.29, 1.82) is 5.41 Å². The number of hydrogen-bond donors (Lipinski definition) is 4. The molecule has 1 atom stereocenters. The predicted molar refractivity (Wildman–Crippen MR) is 55.3 cm³/mol. The normalized spacial score (nSPS) is 17.2. The van der Waals surface area contributed by atoms with Gasteiger partial charge in [-0.15, -0.1) is 0 Å². The Bertz CT molecular complexity index is 225. The maximum atomic E-state index is 11.3. The lowest BCUT2D eigenvalue weighted by molar-refractivity contribution is 0.236.